The van der Waals surface area contributed by atoms with Crippen molar-refractivity contribution in [3.8, 4) is 0 Å². The summed E-state index contributed by atoms with van der Waals surface area (Å²) >= 11 is 0. The molecule has 1 fully saturated rings. The molecule has 120 valence electrons. The van der Waals surface area contributed by atoms with Crippen molar-refractivity contribution in [1.29, 1.82) is 0 Å². The fourth-order valence-corrected chi connectivity index (χ4v) is 2.88. The van der Waals surface area contributed by atoms with Gasteiger partial charge >= 0.3 is 5.97 Å². The summed E-state index contributed by atoms with van der Waals surface area (Å²) in [6.07, 6.45) is 0.543. The van der Waals surface area contributed by atoms with Crippen LogP contribution in [0, 0.1) is 5.92 Å². The van der Waals surface area contributed by atoms with Crippen LogP contribution in [0.5, 0.6) is 0 Å². The average molecular weight is 313 g/mol. The molecule has 1 amide bonds. The predicted molar refractivity (Wildman–Crippen MR) is 86.0 cm³/mol. The first kappa shape index (κ1) is 15.5. The SMILES string of the molecule is O=C(O)C[C@H](NC(=O)C1CCOC1)c1ccc2ccccc2c1. The smallest absolute Gasteiger partial charge is 0.305 e. The molecule has 2 aromatic rings. The molecule has 2 N–H and O–H groups in total. The maximum absolute atomic E-state index is 12.3. The fraction of sp³-hybridized carbons (Fsp3) is 0.333. The van der Waals surface area contributed by atoms with Crippen LogP contribution in [0.3, 0.4) is 0 Å². The number of nitrogens with one attached hydrogen (secondary N) is 1. The fourth-order valence-electron chi connectivity index (χ4n) is 2.88. The normalized spacial score (nSPS) is 18.7. The van der Waals surface area contributed by atoms with Crippen LogP contribution < -0.4 is 5.32 Å². The number of hydrogen-bond acceptors (Lipinski definition) is 3. The summed E-state index contributed by atoms with van der Waals surface area (Å²) in [6, 6.07) is 13.1. The minimum Gasteiger partial charge on any atom is -0.481 e. The van der Waals surface area contributed by atoms with Crippen LogP contribution in [0.4, 0.5) is 0 Å². The first-order chi connectivity index (χ1) is 11.1. The van der Waals surface area contributed by atoms with Gasteiger partial charge in [-0.3, -0.25) is 9.59 Å². The van der Waals surface area contributed by atoms with E-state index in [9.17, 15) is 9.59 Å². The number of rotatable bonds is 5. The standard InChI is InChI=1S/C18H19NO4/c20-17(21)10-16(19-18(22)15-7-8-23-11-15)14-6-5-12-3-1-2-4-13(12)9-14/h1-6,9,15-16H,7-8,10-11H2,(H,19,22)(H,20,21)/t15?,16-/m0/s1. The molecule has 2 atom stereocenters. The molecule has 1 unspecified atom stereocenters. The van der Waals surface area contributed by atoms with Crippen LogP contribution in [0.15, 0.2) is 42.5 Å². The lowest BCUT2D eigenvalue weighted by Crippen LogP contribution is -2.35. The second kappa shape index (κ2) is 6.79. The van der Waals surface area contributed by atoms with E-state index < -0.39 is 12.0 Å². The highest BCUT2D eigenvalue weighted by Gasteiger charge is 2.27. The van der Waals surface area contributed by atoms with E-state index in [-0.39, 0.29) is 18.2 Å². The number of carboxylic acids is 1. The number of aliphatic carboxylic acids is 1. The van der Waals surface area contributed by atoms with Crippen molar-refractivity contribution in [2.45, 2.75) is 18.9 Å². The maximum atomic E-state index is 12.3. The van der Waals surface area contributed by atoms with Crippen molar-refractivity contribution < 1.29 is 19.4 Å². The van der Waals surface area contributed by atoms with Gasteiger partial charge in [-0.15, -0.1) is 0 Å². The molecule has 3 rings (SSSR count). The summed E-state index contributed by atoms with van der Waals surface area (Å²) in [6.45, 7) is 0.987. The van der Waals surface area contributed by atoms with Gasteiger partial charge < -0.3 is 15.2 Å². The van der Waals surface area contributed by atoms with E-state index in [1.807, 2.05) is 42.5 Å². The highest BCUT2D eigenvalue weighted by molar-refractivity contribution is 5.84. The van der Waals surface area contributed by atoms with E-state index in [1.165, 1.54) is 0 Å². The summed E-state index contributed by atoms with van der Waals surface area (Å²) in [5, 5.41) is 14.1. The highest BCUT2D eigenvalue weighted by Crippen LogP contribution is 2.24. The van der Waals surface area contributed by atoms with E-state index in [4.69, 9.17) is 9.84 Å². The Morgan fingerprint density at radius 2 is 2.00 bits per heavy atom. The minimum absolute atomic E-state index is 0.137. The van der Waals surface area contributed by atoms with Crippen molar-refractivity contribution in [1.82, 2.24) is 5.32 Å². The van der Waals surface area contributed by atoms with Crippen molar-refractivity contribution in [3.63, 3.8) is 0 Å². The summed E-state index contributed by atoms with van der Waals surface area (Å²) in [7, 11) is 0. The Bertz CT molecular complexity index is 722. The molecule has 1 aliphatic heterocycles. The Morgan fingerprint density at radius 3 is 2.70 bits per heavy atom. The van der Waals surface area contributed by atoms with Gasteiger partial charge in [-0.2, -0.15) is 0 Å². The monoisotopic (exact) mass is 313 g/mol. The second-order valence-electron chi connectivity index (χ2n) is 5.83. The number of carbonyl (C=O) groups is 2. The zero-order valence-corrected chi connectivity index (χ0v) is 12.7. The molecule has 0 aliphatic carbocycles. The number of hydrogen-bond donors (Lipinski definition) is 2. The van der Waals surface area contributed by atoms with Gasteiger partial charge in [-0.1, -0.05) is 36.4 Å². The van der Waals surface area contributed by atoms with Crippen LogP contribution in [0.1, 0.15) is 24.4 Å². The molecular weight excluding hydrogens is 294 g/mol. The molecule has 5 heteroatoms. The summed E-state index contributed by atoms with van der Waals surface area (Å²) in [4.78, 5) is 23.5. The first-order valence-corrected chi connectivity index (χ1v) is 7.72. The number of fused-ring (bicyclic) bond motifs is 1. The molecule has 2 aromatic carbocycles. The Labute approximate surface area is 134 Å². The molecule has 23 heavy (non-hydrogen) atoms. The third-order valence-corrected chi connectivity index (χ3v) is 4.17. The molecule has 0 aromatic heterocycles. The topological polar surface area (TPSA) is 75.6 Å². The van der Waals surface area contributed by atoms with Crippen LogP contribution >= 0.6 is 0 Å². The lowest BCUT2D eigenvalue weighted by atomic mass is 9.98. The zero-order valence-electron chi connectivity index (χ0n) is 12.7. The van der Waals surface area contributed by atoms with E-state index in [2.05, 4.69) is 5.32 Å². The van der Waals surface area contributed by atoms with Gasteiger partial charge in [0.25, 0.3) is 0 Å². The Kier molecular flexibility index (Phi) is 4.57. The summed E-state index contributed by atoms with van der Waals surface area (Å²) < 4.78 is 5.23. The van der Waals surface area contributed by atoms with Gasteiger partial charge in [0.2, 0.25) is 5.91 Å². The predicted octanol–water partition coefficient (Wildman–Crippen LogP) is 2.51. The number of benzene rings is 2. The minimum atomic E-state index is -0.939. The van der Waals surface area contributed by atoms with E-state index in [1.54, 1.807) is 0 Å². The molecule has 1 heterocycles. The molecule has 0 bridgehead atoms. The lowest BCUT2D eigenvalue weighted by Gasteiger charge is -2.20. The van der Waals surface area contributed by atoms with Crippen molar-refractivity contribution in [3.05, 3.63) is 48.0 Å². The molecule has 5 nitrogen and oxygen atoms in total. The number of carbonyl (C=O) groups excluding carboxylic acids is 1. The Balaban J connectivity index is 1.84. The number of carboxylic acid groups (broad SMARTS) is 1. The zero-order chi connectivity index (χ0) is 16.2. The van der Waals surface area contributed by atoms with Crippen LogP contribution in [-0.2, 0) is 14.3 Å². The molecule has 1 saturated heterocycles. The molecule has 1 aliphatic rings. The van der Waals surface area contributed by atoms with Crippen molar-refractivity contribution >= 4 is 22.6 Å². The molecular formula is C18H19NO4. The largest absolute Gasteiger partial charge is 0.481 e. The van der Waals surface area contributed by atoms with Crippen molar-refractivity contribution in [2.75, 3.05) is 13.2 Å². The van der Waals surface area contributed by atoms with E-state index in [0.717, 1.165) is 16.3 Å². The van der Waals surface area contributed by atoms with Gasteiger partial charge in [0, 0.05) is 6.61 Å². The molecule has 0 spiro atoms. The average Bonchev–Trinajstić information content (AvgIpc) is 3.08. The molecule has 0 radical (unpaired) electrons. The van der Waals surface area contributed by atoms with Crippen LogP contribution in [-0.4, -0.2) is 30.2 Å². The van der Waals surface area contributed by atoms with Crippen molar-refractivity contribution in [2.24, 2.45) is 5.92 Å². The van der Waals surface area contributed by atoms with Crippen LogP contribution in [0.2, 0.25) is 0 Å². The van der Waals surface area contributed by atoms with Crippen LogP contribution in [0.25, 0.3) is 10.8 Å². The Morgan fingerprint density at radius 1 is 1.22 bits per heavy atom. The van der Waals surface area contributed by atoms with Gasteiger partial charge in [-0.05, 0) is 28.8 Å². The van der Waals surface area contributed by atoms with E-state index >= 15 is 0 Å². The number of amides is 1. The molecule has 0 saturated carbocycles. The van der Waals surface area contributed by atoms with Gasteiger partial charge in [0.15, 0.2) is 0 Å². The summed E-state index contributed by atoms with van der Waals surface area (Å²) in [5.41, 5.74) is 0.804. The van der Waals surface area contributed by atoms with E-state index in [0.29, 0.717) is 19.6 Å². The maximum Gasteiger partial charge on any atom is 0.305 e. The third-order valence-electron chi connectivity index (χ3n) is 4.17. The quantitative estimate of drug-likeness (QED) is 0.889. The second-order valence-corrected chi connectivity index (χ2v) is 5.83. The lowest BCUT2D eigenvalue weighted by molar-refractivity contribution is -0.137. The highest BCUT2D eigenvalue weighted by atomic mass is 16.5. The number of ether oxygens (including phenoxy) is 1. The third kappa shape index (κ3) is 3.68. The van der Waals surface area contributed by atoms with Gasteiger partial charge in [-0.25, -0.2) is 0 Å². The Hall–Kier alpha value is -2.40. The first-order valence-electron chi connectivity index (χ1n) is 7.72. The van der Waals surface area contributed by atoms with Gasteiger partial charge in [0.1, 0.15) is 0 Å². The summed E-state index contributed by atoms with van der Waals surface area (Å²) in [5.74, 6) is -1.26. The van der Waals surface area contributed by atoms with Gasteiger partial charge in [0.05, 0.1) is 25.0 Å².